The molecule has 1 saturated carbocycles. The molecule has 2 heteroatoms. The molecule has 1 saturated heterocycles. The van der Waals surface area contributed by atoms with E-state index in [1.165, 1.54) is 45.2 Å². The van der Waals surface area contributed by atoms with Crippen LogP contribution in [0, 0.1) is 11.8 Å². The summed E-state index contributed by atoms with van der Waals surface area (Å²) in [6.07, 6.45) is 6.66. The highest BCUT2D eigenvalue weighted by atomic mass is 15.2. The summed E-state index contributed by atoms with van der Waals surface area (Å²) >= 11 is 0. The lowest BCUT2D eigenvalue weighted by Crippen LogP contribution is -2.42. The molecule has 15 heavy (non-hydrogen) atoms. The van der Waals surface area contributed by atoms with Crippen LogP contribution in [-0.2, 0) is 0 Å². The molecule has 0 aromatic heterocycles. The van der Waals surface area contributed by atoms with Gasteiger partial charge in [0.25, 0.3) is 0 Å². The Labute approximate surface area is 94.2 Å². The van der Waals surface area contributed by atoms with Crippen molar-refractivity contribution in [3.05, 3.63) is 0 Å². The van der Waals surface area contributed by atoms with Crippen LogP contribution in [0.4, 0.5) is 0 Å². The molecule has 1 aliphatic heterocycles. The molecule has 0 aromatic carbocycles. The molecule has 0 amide bonds. The van der Waals surface area contributed by atoms with Crippen LogP contribution in [0.1, 0.15) is 46.0 Å². The Kier molecular flexibility index (Phi) is 3.68. The summed E-state index contributed by atoms with van der Waals surface area (Å²) in [6, 6.07) is 1.29. The van der Waals surface area contributed by atoms with Crippen LogP contribution in [0.2, 0.25) is 0 Å². The van der Waals surface area contributed by atoms with E-state index in [9.17, 15) is 0 Å². The first-order chi connectivity index (χ1) is 7.15. The molecular weight excluding hydrogens is 184 g/mol. The summed E-state index contributed by atoms with van der Waals surface area (Å²) in [5, 5.41) is 0. The van der Waals surface area contributed by atoms with Crippen molar-refractivity contribution in [1.82, 2.24) is 4.90 Å². The average Bonchev–Trinajstić information content (AvgIpc) is 2.56. The summed E-state index contributed by atoms with van der Waals surface area (Å²) in [6.45, 7) is 7.40. The van der Waals surface area contributed by atoms with Crippen LogP contribution in [-0.4, -0.2) is 30.1 Å². The van der Waals surface area contributed by atoms with Gasteiger partial charge in [0.05, 0.1) is 0 Å². The number of nitrogens with zero attached hydrogens (tertiary/aromatic N) is 1. The van der Waals surface area contributed by atoms with E-state index >= 15 is 0 Å². The van der Waals surface area contributed by atoms with Crippen LogP contribution >= 0.6 is 0 Å². The summed E-state index contributed by atoms with van der Waals surface area (Å²) in [5.41, 5.74) is 5.97. The minimum atomic E-state index is 0.494. The lowest BCUT2D eigenvalue weighted by molar-refractivity contribution is 0.110. The second-order valence-electron chi connectivity index (χ2n) is 5.91. The molecule has 1 heterocycles. The predicted octanol–water partition coefficient (Wildman–Crippen LogP) is 2.23. The van der Waals surface area contributed by atoms with Crippen LogP contribution in [0.25, 0.3) is 0 Å². The largest absolute Gasteiger partial charge is 0.328 e. The minimum Gasteiger partial charge on any atom is -0.328 e. The minimum absolute atomic E-state index is 0.494. The second-order valence-corrected chi connectivity index (χ2v) is 5.91. The summed E-state index contributed by atoms with van der Waals surface area (Å²) < 4.78 is 0. The maximum atomic E-state index is 5.97. The smallest absolute Gasteiger partial charge is 0.00695 e. The van der Waals surface area contributed by atoms with Gasteiger partial charge >= 0.3 is 0 Å². The highest BCUT2D eigenvalue weighted by Crippen LogP contribution is 2.28. The van der Waals surface area contributed by atoms with Crippen molar-refractivity contribution in [1.29, 1.82) is 0 Å². The number of nitrogens with two attached hydrogens (primary N) is 1. The number of hydrogen-bond acceptors (Lipinski definition) is 2. The summed E-state index contributed by atoms with van der Waals surface area (Å²) in [5.74, 6) is 1.82. The molecule has 4 atom stereocenters. The Bertz CT molecular complexity index is 205. The van der Waals surface area contributed by atoms with Gasteiger partial charge < -0.3 is 10.6 Å². The molecule has 2 fully saturated rings. The number of hydrogen-bond donors (Lipinski definition) is 1. The molecule has 2 nitrogen and oxygen atoms in total. The Hall–Kier alpha value is -0.0800. The fraction of sp³-hybridized carbons (Fsp3) is 1.00. The van der Waals surface area contributed by atoms with Crippen molar-refractivity contribution in [2.24, 2.45) is 17.6 Å². The van der Waals surface area contributed by atoms with E-state index in [4.69, 9.17) is 5.73 Å². The third-order valence-electron chi connectivity index (χ3n) is 4.35. The Morgan fingerprint density at radius 1 is 1.13 bits per heavy atom. The third-order valence-corrected chi connectivity index (χ3v) is 4.35. The highest BCUT2D eigenvalue weighted by molar-refractivity contribution is 4.84. The van der Waals surface area contributed by atoms with E-state index < -0.39 is 0 Å². The van der Waals surface area contributed by atoms with Gasteiger partial charge in [-0.1, -0.05) is 6.92 Å². The van der Waals surface area contributed by atoms with Crippen LogP contribution in [0.15, 0.2) is 0 Å². The van der Waals surface area contributed by atoms with Crippen molar-refractivity contribution in [3.63, 3.8) is 0 Å². The Balaban J connectivity index is 1.79. The van der Waals surface area contributed by atoms with Crippen LogP contribution in [0.5, 0.6) is 0 Å². The van der Waals surface area contributed by atoms with Crippen molar-refractivity contribution in [2.45, 2.75) is 58.0 Å². The lowest BCUT2D eigenvalue weighted by Gasteiger charge is -2.38. The van der Waals surface area contributed by atoms with Crippen molar-refractivity contribution in [2.75, 3.05) is 13.1 Å². The zero-order chi connectivity index (χ0) is 10.8. The lowest BCUT2D eigenvalue weighted by atomic mass is 9.92. The van der Waals surface area contributed by atoms with Crippen LogP contribution < -0.4 is 5.73 Å². The van der Waals surface area contributed by atoms with Gasteiger partial charge in [-0.2, -0.15) is 0 Å². The van der Waals surface area contributed by atoms with Gasteiger partial charge in [-0.15, -0.1) is 0 Å². The topological polar surface area (TPSA) is 29.3 Å². The average molecular weight is 210 g/mol. The van der Waals surface area contributed by atoms with E-state index in [1.54, 1.807) is 0 Å². The molecule has 0 bridgehead atoms. The molecule has 88 valence electrons. The molecule has 0 radical (unpaired) electrons. The molecule has 2 N–H and O–H groups in total. The third kappa shape index (κ3) is 2.94. The van der Waals surface area contributed by atoms with Crippen LogP contribution in [0.3, 0.4) is 0 Å². The van der Waals surface area contributed by atoms with Gasteiger partial charge in [0.15, 0.2) is 0 Å². The van der Waals surface area contributed by atoms with Gasteiger partial charge in [-0.05, 0) is 57.4 Å². The Morgan fingerprint density at radius 2 is 1.93 bits per heavy atom. The molecule has 1 aliphatic carbocycles. The number of piperidine rings is 1. The van der Waals surface area contributed by atoms with Crippen molar-refractivity contribution >= 4 is 0 Å². The molecule has 0 aromatic rings. The second kappa shape index (κ2) is 4.84. The fourth-order valence-corrected chi connectivity index (χ4v) is 3.34. The SMILES string of the molecule is CC1CCN(CC2CCC(N)C2)C(C)C1. The zero-order valence-corrected chi connectivity index (χ0v) is 10.3. The predicted molar refractivity (Wildman–Crippen MR) is 64.7 cm³/mol. The van der Waals surface area contributed by atoms with E-state index in [-0.39, 0.29) is 0 Å². The zero-order valence-electron chi connectivity index (χ0n) is 10.3. The van der Waals surface area contributed by atoms with Gasteiger partial charge in [0, 0.05) is 18.6 Å². The first-order valence-corrected chi connectivity index (χ1v) is 6.64. The van der Waals surface area contributed by atoms with E-state index in [1.807, 2.05) is 0 Å². The molecule has 0 spiro atoms. The normalized spacial score (nSPS) is 43.4. The first kappa shape index (κ1) is 11.4. The van der Waals surface area contributed by atoms with Gasteiger partial charge in [-0.3, -0.25) is 0 Å². The highest BCUT2D eigenvalue weighted by Gasteiger charge is 2.28. The monoisotopic (exact) mass is 210 g/mol. The molecule has 2 rings (SSSR count). The fourth-order valence-electron chi connectivity index (χ4n) is 3.34. The summed E-state index contributed by atoms with van der Waals surface area (Å²) in [7, 11) is 0. The van der Waals surface area contributed by atoms with Gasteiger partial charge in [0.2, 0.25) is 0 Å². The molecule has 4 unspecified atom stereocenters. The maximum Gasteiger partial charge on any atom is 0.00695 e. The standard InChI is InChI=1S/C13H26N2/c1-10-5-6-15(11(2)7-10)9-12-3-4-13(14)8-12/h10-13H,3-9,14H2,1-2H3. The van der Waals surface area contributed by atoms with E-state index in [0.29, 0.717) is 6.04 Å². The van der Waals surface area contributed by atoms with E-state index in [2.05, 4.69) is 18.7 Å². The van der Waals surface area contributed by atoms with Gasteiger partial charge in [-0.25, -0.2) is 0 Å². The molecular formula is C13H26N2. The first-order valence-electron chi connectivity index (χ1n) is 6.64. The number of likely N-dealkylation sites (tertiary alicyclic amines) is 1. The summed E-state index contributed by atoms with van der Waals surface area (Å²) in [4.78, 5) is 2.70. The molecule has 2 aliphatic rings. The quantitative estimate of drug-likeness (QED) is 0.757. The van der Waals surface area contributed by atoms with Crippen molar-refractivity contribution < 1.29 is 0 Å². The van der Waals surface area contributed by atoms with Gasteiger partial charge in [0.1, 0.15) is 0 Å². The van der Waals surface area contributed by atoms with Crippen molar-refractivity contribution in [3.8, 4) is 0 Å². The Morgan fingerprint density at radius 3 is 2.53 bits per heavy atom. The van der Waals surface area contributed by atoms with E-state index in [0.717, 1.165) is 17.9 Å². The number of rotatable bonds is 2. The maximum absolute atomic E-state index is 5.97.